The van der Waals surface area contributed by atoms with Crippen LogP contribution in [0.1, 0.15) is 47.2 Å². The van der Waals surface area contributed by atoms with Gasteiger partial charge in [0.05, 0.1) is 24.6 Å². The number of rotatable bonds is 5. The highest BCUT2D eigenvalue weighted by molar-refractivity contribution is 6.30. The molecule has 1 fully saturated rings. The molecule has 168 valence electrons. The zero-order valence-electron chi connectivity index (χ0n) is 17.4. The predicted molar refractivity (Wildman–Crippen MR) is 114 cm³/mol. The maximum Gasteiger partial charge on any atom is 0.416 e. The number of halogens is 4. The molecule has 4 rings (SSSR count). The molecule has 0 saturated carbocycles. The van der Waals surface area contributed by atoms with Crippen LogP contribution in [0.25, 0.3) is 0 Å². The van der Waals surface area contributed by atoms with Crippen LogP contribution in [-0.2, 0) is 23.9 Å². The lowest BCUT2D eigenvalue weighted by Gasteiger charge is -2.25. The second kappa shape index (κ2) is 8.94. The monoisotopic (exact) mass is 462 g/mol. The van der Waals surface area contributed by atoms with E-state index in [9.17, 15) is 18.0 Å². The highest BCUT2D eigenvalue weighted by Crippen LogP contribution is 2.33. The Kier molecular flexibility index (Phi) is 6.24. The number of hydrogen-bond donors (Lipinski definition) is 0. The molecule has 0 radical (unpaired) electrons. The number of benzene rings is 2. The van der Waals surface area contributed by atoms with Crippen molar-refractivity contribution in [2.45, 2.75) is 44.9 Å². The van der Waals surface area contributed by atoms with Gasteiger partial charge in [0.2, 0.25) is 5.91 Å². The Bertz CT molecular complexity index is 1110. The molecule has 0 aliphatic carbocycles. The number of aryl methyl sites for hydroxylation is 1. The van der Waals surface area contributed by atoms with Crippen LogP contribution in [0, 0.1) is 6.92 Å². The minimum atomic E-state index is -4.44. The fourth-order valence-electron chi connectivity index (χ4n) is 4.08. The Labute approximate surface area is 188 Å². The predicted octanol–water partition coefficient (Wildman–Crippen LogP) is 5.21. The normalized spacial score (nSPS) is 16.5. The van der Waals surface area contributed by atoms with Crippen LogP contribution in [0.15, 0.2) is 48.5 Å². The van der Waals surface area contributed by atoms with Crippen molar-refractivity contribution >= 4 is 17.5 Å². The Morgan fingerprint density at radius 3 is 2.59 bits per heavy atom. The molecule has 0 N–H and O–H groups in total. The molecule has 0 spiro atoms. The molecule has 1 aliphatic heterocycles. The van der Waals surface area contributed by atoms with Crippen LogP contribution in [0.2, 0.25) is 5.02 Å². The maximum atomic E-state index is 13.0. The number of hydrogen-bond acceptors (Lipinski definition) is 3. The first kappa shape index (κ1) is 22.3. The molecule has 0 bridgehead atoms. The third-order valence-electron chi connectivity index (χ3n) is 5.70. The van der Waals surface area contributed by atoms with E-state index in [0.717, 1.165) is 36.4 Å². The Morgan fingerprint density at radius 1 is 1.12 bits per heavy atom. The van der Waals surface area contributed by atoms with Gasteiger partial charge in [-0.15, -0.1) is 10.2 Å². The Hall–Kier alpha value is -2.87. The van der Waals surface area contributed by atoms with Crippen LogP contribution >= 0.6 is 11.6 Å². The molecule has 9 heteroatoms. The van der Waals surface area contributed by atoms with Crippen LogP contribution in [0.5, 0.6) is 0 Å². The van der Waals surface area contributed by atoms with Crippen molar-refractivity contribution in [3.63, 3.8) is 0 Å². The molecule has 2 heterocycles. The minimum absolute atomic E-state index is 0.0925. The highest BCUT2D eigenvalue weighted by atomic mass is 35.5. The third kappa shape index (κ3) is 4.80. The van der Waals surface area contributed by atoms with Crippen molar-refractivity contribution in [3.8, 4) is 0 Å². The number of carbonyl (C=O) groups excluding carboxylic acids is 1. The molecule has 2 aromatic carbocycles. The van der Waals surface area contributed by atoms with E-state index < -0.39 is 11.7 Å². The van der Waals surface area contributed by atoms with Crippen molar-refractivity contribution in [2.24, 2.45) is 0 Å². The zero-order valence-corrected chi connectivity index (χ0v) is 18.2. The van der Waals surface area contributed by atoms with E-state index >= 15 is 0 Å². The number of aromatic nitrogens is 3. The zero-order chi connectivity index (χ0) is 22.9. The summed E-state index contributed by atoms with van der Waals surface area (Å²) in [7, 11) is 0. The number of amides is 1. The van der Waals surface area contributed by atoms with Gasteiger partial charge < -0.3 is 9.47 Å². The number of nitrogens with zero attached hydrogens (tertiary/aromatic N) is 4. The molecule has 32 heavy (non-hydrogen) atoms. The summed E-state index contributed by atoms with van der Waals surface area (Å²) in [6, 6.07) is 12.2. The van der Waals surface area contributed by atoms with Gasteiger partial charge in [-0.05, 0) is 49.1 Å². The largest absolute Gasteiger partial charge is 0.416 e. The summed E-state index contributed by atoms with van der Waals surface area (Å²) in [5.41, 5.74) is 0.617. The van der Waals surface area contributed by atoms with E-state index in [1.165, 1.54) is 6.07 Å². The molecule has 5 nitrogen and oxygen atoms in total. The number of carbonyl (C=O) groups is 1. The first-order chi connectivity index (χ1) is 15.2. The quantitative estimate of drug-likeness (QED) is 0.523. The van der Waals surface area contributed by atoms with E-state index in [1.807, 2.05) is 35.8 Å². The summed E-state index contributed by atoms with van der Waals surface area (Å²) >= 11 is 5.98. The lowest BCUT2D eigenvalue weighted by atomic mass is 10.1. The van der Waals surface area contributed by atoms with Crippen molar-refractivity contribution < 1.29 is 18.0 Å². The van der Waals surface area contributed by atoms with Gasteiger partial charge in [0.1, 0.15) is 5.82 Å². The van der Waals surface area contributed by atoms with Gasteiger partial charge in [-0.3, -0.25) is 4.79 Å². The first-order valence-corrected chi connectivity index (χ1v) is 10.7. The fraction of sp³-hybridized carbons (Fsp3) is 0.348. The van der Waals surface area contributed by atoms with Crippen molar-refractivity contribution in [3.05, 3.63) is 81.9 Å². The molecule has 1 saturated heterocycles. The standard InChI is InChI=1S/C23H22ClF3N4O/c1-15-28-29-22(31(15)14-16-7-9-19(24)10-8-16)20-6-3-11-30(20)21(32)13-17-4-2-5-18(12-17)23(25,26)27/h2,4-5,7-10,12,20H,3,6,11,13-14H2,1H3/t20-/m1/s1. The summed E-state index contributed by atoms with van der Waals surface area (Å²) in [6.07, 6.45) is -3.01. The van der Waals surface area contributed by atoms with Crippen molar-refractivity contribution in [1.82, 2.24) is 19.7 Å². The molecule has 1 aromatic heterocycles. The second-order valence-electron chi connectivity index (χ2n) is 7.94. The summed E-state index contributed by atoms with van der Waals surface area (Å²) in [5.74, 6) is 1.20. The minimum Gasteiger partial charge on any atom is -0.332 e. The van der Waals surface area contributed by atoms with E-state index in [1.54, 1.807) is 11.0 Å². The van der Waals surface area contributed by atoms with Crippen LogP contribution in [-0.4, -0.2) is 32.1 Å². The third-order valence-corrected chi connectivity index (χ3v) is 5.95. The van der Waals surface area contributed by atoms with E-state index in [-0.39, 0.29) is 18.4 Å². The van der Waals surface area contributed by atoms with E-state index in [0.29, 0.717) is 29.5 Å². The summed E-state index contributed by atoms with van der Waals surface area (Å²) in [5, 5.41) is 9.21. The summed E-state index contributed by atoms with van der Waals surface area (Å²) < 4.78 is 41.0. The molecule has 1 aliphatic rings. The number of likely N-dealkylation sites (tertiary alicyclic amines) is 1. The fourth-order valence-corrected chi connectivity index (χ4v) is 4.21. The summed E-state index contributed by atoms with van der Waals surface area (Å²) in [4.78, 5) is 14.8. The average Bonchev–Trinajstić information content (AvgIpc) is 3.36. The van der Waals surface area contributed by atoms with Gasteiger partial charge in [-0.25, -0.2) is 0 Å². The molecular formula is C23H22ClF3N4O. The van der Waals surface area contributed by atoms with Gasteiger partial charge >= 0.3 is 6.18 Å². The maximum absolute atomic E-state index is 13.0. The van der Waals surface area contributed by atoms with Crippen molar-refractivity contribution in [2.75, 3.05) is 6.54 Å². The number of alkyl halides is 3. The molecule has 1 amide bonds. The van der Waals surface area contributed by atoms with Crippen molar-refractivity contribution in [1.29, 1.82) is 0 Å². The van der Waals surface area contributed by atoms with Crippen LogP contribution in [0.4, 0.5) is 13.2 Å². The van der Waals surface area contributed by atoms with Crippen LogP contribution < -0.4 is 0 Å². The SMILES string of the molecule is Cc1nnc([C@H]2CCCN2C(=O)Cc2cccc(C(F)(F)F)c2)n1Cc1ccc(Cl)cc1. The lowest BCUT2D eigenvalue weighted by Crippen LogP contribution is -2.33. The van der Waals surface area contributed by atoms with Gasteiger partial charge in [-0.1, -0.05) is 41.9 Å². The second-order valence-corrected chi connectivity index (χ2v) is 8.37. The Balaban J connectivity index is 1.54. The lowest BCUT2D eigenvalue weighted by molar-refractivity contribution is -0.138. The molecule has 0 unspecified atom stereocenters. The Morgan fingerprint density at radius 2 is 1.88 bits per heavy atom. The highest BCUT2D eigenvalue weighted by Gasteiger charge is 2.34. The topological polar surface area (TPSA) is 51.0 Å². The average molecular weight is 463 g/mol. The van der Waals surface area contributed by atoms with Gasteiger partial charge in [0.25, 0.3) is 0 Å². The van der Waals surface area contributed by atoms with E-state index in [2.05, 4.69) is 10.2 Å². The van der Waals surface area contributed by atoms with Gasteiger partial charge in [-0.2, -0.15) is 13.2 Å². The van der Waals surface area contributed by atoms with E-state index in [4.69, 9.17) is 11.6 Å². The van der Waals surface area contributed by atoms with Crippen LogP contribution in [0.3, 0.4) is 0 Å². The molecule has 3 aromatic rings. The van der Waals surface area contributed by atoms with Gasteiger partial charge in [0, 0.05) is 11.6 Å². The van der Waals surface area contributed by atoms with Gasteiger partial charge in [0.15, 0.2) is 5.82 Å². The summed E-state index contributed by atoms with van der Waals surface area (Å²) in [6.45, 7) is 2.93. The molecular weight excluding hydrogens is 441 g/mol. The molecule has 1 atom stereocenters. The first-order valence-electron chi connectivity index (χ1n) is 10.3. The smallest absolute Gasteiger partial charge is 0.332 e.